The Kier molecular flexibility index (Phi) is 7.47. The van der Waals surface area contributed by atoms with Crippen LogP contribution in [0.2, 0.25) is 0 Å². The fraction of sp³-hybridized carbons (Fsp3) is 0.211. The van der Waals surface area contributed by atoms with Crippen molar-refractivity contribution in [3.05, 3.63) is 53.6 Å². The second-order valence-electron chi connectivity index (χ2n) is 5.37. The summed E-state index contributed by atoms with van der Waals surface area (Å²) in [6, 6.07) is 10.0. The molecule has 0 unspecified atom stereocenters. The summed E-state index contributed by atoms with van der Waals surface area (Å²) in [6.45, 7) is -4.04. The van der Waals surface area contributed by atoms with E-state index in [9.17, 15) is 23.2 Å². The Morgan fingerprint density at radius 3 is 2.21 bits per heavy atom. The van der Waals surface area contributed by atoms with Crippen LogP contribution in [0.3, 0.4) is 0 Å². The van der Waals surface area contributed by atoms with Crippen molar-refractivity contribution in [2.24, 2.45) is 0 Å². The van der Waals surface area contributed by atoms with Crippen LogP contribution >= 0.6 is 0 Å². The molecular formula is C19H17F2NO7. The van der Waals surface area contributed by atoms with Crippen LogP contribution in [0.1, 0.15) is 20.7 Å². The first kappa shape index (κ1) is 21.6. The lowest BCUT2D eigenvalue weighted by molar-refractivity contribution is -0.123. The van der Waals surface area contributed by atoms with Crippen LogP contribution in [-0.2, 0) is 9.53 Å². The third-order valence-electron chi connectivity index (χ3n) is 3.56. The smallest absolute Gasteiger partial charge is 0.387 e. The van der Waals surface area contributed by atoms with Crippen LogP contribution in [0, 0.1) is 0 Å². The number of hydrogen-bond acceptors (Lipinski definition) is 7. The topological polar surface area (TPSA) is 100 Å². The Bertz CT molecular complexity index is 902. The van der Waals surface area contributed by atoms with E-state index in [1.54, 1.807) is 12.1 Å². The minimum atomic E-state index is -3.21. The molecule has 0 bridgehead atoms. The molecule has 1 N–H and O–H groups in total. The van der Waals surface area contributed by atoms with Gasteiger partial charge in [0, 0.05) is 0 Å². The number of methoxy groups -OCH3 is 2. The van der Waals surface area contributed by atoms with Crippen molar-refractivity contribution in [1.82, 2.24) is 5.32 Å². The number of benzene rings is 2. The molecule has 2 amide bonds. The quantitative estimate of drug-likeness (QED) is 0.669. The zero-order valence-electron chi connectivity index (χ0n) is 15.4. The molecule has 154 valence electrons. The Morgan fingerprint density at radius 1 is 0.931 bits per heavy atom. The maximum absolute atomic E-state index is 12.6. The van der Waals surface area contributed by atoms with E-state index < -0.39 is 36.8 Å². The molecule has 0 aliphatic rings. The third-order valence-corrected chi connectivity index (χ3v) is 3.56. The molecule has 0 atom stereocenters. The molecular weight excluding hydrogens is 392 g/mol. The monoisotopic (exact) mass is 409 g/mol. The van der Waals surface area contributed by atoms with Crippen molar-refractivity contribution >= 4 is 17.8 Å². The van der Waals surface area contributed by atoms with Gasteiger partial charge in [-0.1, -0.05) is 18.2 Å². The molecule has 2 rings (SSSR count). The number of alkyl halides is 2. The molecule has 0 saturated heterocycles. The summed E-state index contributed by atoms with van der Waals surface area (Å²) < 4.78 is 44.3. The first-order valence-corrected chi connectivity index (χ1v) is 8.13. The third kappa shape index (κ3) is 5.64. The normalized spacial score (nSPS) is 10.2. The van der Waals surface area contributed by atoms with Crippen molar-refractivity contribution in [2.75, 3.05) is 20.8 Å². The van der Waals surface area contributed by atoms with E-state index in [4.69, 9.17) is 14.2 Å². The summed E-state index contributed by atoms with van der Waals surface area (Å²) in [4.78, 5) is 36.2. The van der Waals surface area contributed by atoms with Crippen LogP contribution in [0.4, 0.5) is 8.78 Å². The molecule has 0 radical (unpaired) electrons. The van der Waals surface area contributed by atoms with Crippen molar-refractivity contribution in [3.63, 3.8) is 0 Å². The van der Waals surface area contributed by atoms with Gasteiger partial charge in [-0.15, -0.1) is 0 Å². The zero-order chi connectivity index (χ0) is 21.4. The van der Waals surface area contributed by atoms with E-state index in [1.807, 2.05) is 5.32 Å². The standard InChI is InChI=1S/C19H17F2NO7/c1-26-13-8-4-3-6-11(13)17(24)22-15(23)10-28-18(25)12-7-5-9-14(27-2)16(12)29-19(20)21/h3-9,19H,10H2,1-2H3,(H,22,23,24). The number of ether oxygens (including phenoxy) is 4. The second-order valence-corrected chi connectivity index (χ2v) is 5.37. The van der Waals surface area contributed by atoms with Gasteiger partial charge in [0.25, 0.3) is 11.8 Å². The lowest BCUT2D eigenvalue weighted by Gasteiger charge is -2.13. The largest absolute Gasteiger partial charge is 0.496 e. The summed E-state index contributed by atoms with van der Waals surface area (Å²) in [6.07, 6.45) is 0. The molecule has 0 saturated carbocycles. The highest BCUT2D eigenvalue weighted by molar-refractivity contribution is 6.07. The van der Waals surface area contributed by atoms with E-state index in [-0.39, 0.29) is 22.6 Å². The predicted molar refractivity (Wildman–Crippen MR) is 95.4 cm³/mol. The average molecular weight is 409 g/mol. The molecule has 0 fully saturated rings. The number of amides is 2. The molecule has 0 aliphatic heterocycles. The summed E-state index contributed by atoms with van der Waals surface area (Å²) in [5.74, 6) is -3.18. The maximum Gasteiger partial charge on any atom is 0.387 e. The van der Waals surface area contributed by atoms with Crippen molar-refractivity contribution < 1.29 is 42.1 Å². The lowest BCUT2D eigenvalue weighted by atomic mass is 10.2. The Morgan fingerprint density at radius 2 is 1.55 bits per heavy atom. The molecule has 29 heavy (non-hydrogen) atoms. The number of imide groups is 1. The Labute approximate surface area is 164 Å². The minimum absolute atomic E-state index is 0.107. The number of esters is 1. The highest BCUT2D eigenvalue weighted by Gasteiger charge is 2.22. The van der Waals surface area contributed by atoms with Crippen molar-refractivity contribution in [1.29, 1.82) is 0 Å². The van der Waals surface area contributed by atoms with E-state index >= 15 is 0 Å². The van der Waals surface area contributed by atoms with E-state index in [0.717, 1.165) is 0 Å². The van der Waals surface area contributed by atoms with E-state index in [0.29, 0.717) is 0 Å². The van der Waals surface area contributed by atoms with Gasteiger partial charge in [0.2, 0.25) is 0 Å². The first-order valence-electron chi connectivity index (χ1n) is 8.13. The van der Waals surface area contributed by atoms with Gasteiger partial charge in [-0.25, -0.2) is 4.79 Å². The number of rotatable bonds is 8. The Balaban J connectivity index is 2.04. The van der Waals surface area contributed by atoms with Gasteiger partial charge < -0.3 is 18.9 Å². The number of carbonyl (C=O) groups excluding carboxylic acids is 3. The SMILES string of the molecule is COc1ccccc1C(=O)NC(=O)COC(=O)c1cccc(OC)c1OC(F)F. The maximum atomic E-state index is 12.6. The Hall–Kier alpha value is -3.69. The number of halogens is 2. The first-order chi connectivity index (χ1) is 13.9. The molecule has 2 aromatic carbocycles. The van der Waals surface area contributed by atoms with Gasteiger partial charge in [-0.3, -0.25) is 14.9 Å². The summed E-state index contributed by atoms with van der Waals surface area (Å²) in [5, 5.41) is 2.04. The summed E-state index contributed by atoms with van der Waals surface area (Å²) >= 11 is 0. The van der Waals surface area contributed by atoms with Gasteiger partial charge in [-0.2, -0.15) is 8.78 Å². The molecule has 0 heterocycles. The fourth-order valence-electron chi connectivity index (χ4n) is 2.32. The van der Waals surface area contributed by atoms with Crippen LogP contribution < -0.4 is 19.5 Å². The summed E-state index contributed by atoms with van der Waals surface area (Å²) in [5.41, 5.74) is -0.261. The van der Waals surface area contributed by atoms with Crippen LogP contribution in [-0.4, -0.2) is 45.2 Å². The zero-order valence-corrected chi connectivity index (χ0v) is 15.4. The fourth-order valence-corrected chi connectivity index (χ4v) is 2.32. The van der Waals surface area contributed by atoms with Crippen molar-refractivity contribution in [2.45, 2.75) is 6.61 Å². The van der Waals surface area contributed by atoms with Crippen LogP contribution in [0.25, 0.3) is 0 Å². The van der Waals surface area contributed by atoms with Crippen LogP contribution in [0.15, 0.2) is 42.5 Å². The number of carbonyl (C=O) groups is 3. The van der Waals surface area contributed by atoms with Gasteiger partial charge in [0.1, 0.15) is 11.3 Å². The molecule has 0 aliphatic carbocycles. The van der Waals surface area contributed by atoms with Gasteiger partial charge >= 0.3 is 12.6 Å². The summed E-state index contributed by atoms with van der Waals surface area (Å²) in [7, 11) is 2.57. The van der Waals surface area contributed by atoms with Gasteiger partial charge in [-0.05, 0) is 24.3 Å². The number of nitrogens with one attached hydrogen (secondary N) is 1. The average Bonchev–Trinajstić information content (AvgIpc) is 2.71. The minimum Gasteiger partial charge on any atom is -0.496 e. The van der Waals surface area contributed by atoms with Gasteiger partial charge in [0.05, 0.1) is 19.8 Å². The highest BCUT2D eigenvalue weighted by Crippen LogP contribution is 2.32. The van der Waals surface area contributed by atoms with Crippen molar-refractivity contribution in [3.8, 4) is 17.2 Å². The predicted octanol–water partition coefficient (Wildman–Crippen LogP) is 2.42. The molecule has 10 heteroatoms. The number of hydrogen-bond donors (Lipinski definition) is 1. The van der Waals surface area contributed by atoms with Crippen LogP contribution in [0.5, 0.6) is 17.2 Å². The van der Waals surface area contributed by atoms with E-state index in [1.165, 1.54) is 44.6 Å². The second kappa shape index (κ2) is 10.0. The molecule has 0 spiro atoms. The number of para-hydroxylation sites is 2. The van der Waals surface area contributed by atoms with Gasteiger partial charge in [0.15, 0.2) is 18.1 Å². The molecule has 2 aromatic rings. The van der Waals surface area contributed by atoms with E-state index in [2.05, 4.69) is 4.74 Å². The molecule has 0 aromatic heterocycles. The molecule has 8 nitrogen and oxygen atoms in total. The highest BCUT2D eigenvalue weighted by atomic mass is 19.3. The lowest BCUT2D eigenvalue weighted by Crippen LogP contribution is -2.34.